The number of benzene rings is 2. The number of ether oxygens (including phenoxy) is 2. The van der Waals surface area contributed by atoms with Gasteiger partial charge in [0.15, 0.2) is 17.9 Å². The van der Waals surface area contributed by atoms with Crippen LogP contribution in [0.1, 0.15) is 75.8 Å². The van der Waals surface area contributed by atoms with E-state index in [4.69, 9.17) is 15.2 Å². The molecule has 2 aliphatic carbocycles. The summed E-state index contributed by atoms with van der Waals surface area (Å²) in [6.45, 7) is 2.76. The number of aromatic hydroxyl groups is 3. The lowest BCUT2D eigenvalue weighted by Gasteiger charge is -2.42. The molecule has 11 heteroatoms. The van der Waals surface area contributed by atoms with Gasteiger partial charge in [-0.25, -0.2) is 0 Å². The summed E-state index contributed by atoms with van der Waals surface area (Å²) in [7, 11) is 0. The summed E-state index contributed by atoms with van der Waals surface area (Å²) in [6, 6.07) is 3.20. The number of aliphatic hydroxyl groups excluding tert-OH is 1. The van der Waals surface area contributed by atoms with Gasteiger partial charge >= 0.3 is 0 Å². The normalized spacial score (nSPS) is 30.9. The zero-order valence-corrected chi connectivity index (χ0v) is 20.1. The number of carbonyl (C=O) groups is 3. The second kappa shape index (κ2) is 8.61. The molecule has 2 aromatic rings. The summed E-state index contributed by atoms with van der Waals surface area (Å²) >= 11 is 0. The number of rotatable bonds is 3. The number of aliphatic hydroxyl groups is 2. The molecule has 0 aromatic heterocycles. The Kier molecular flexibility index (Phi) is 5.89. The Hall–Kier alpha value is -3.35. The molecule has 2 aromatic carbocycles. The third-order valence-electron chi connectivity index (χ3n) is 7.59. The number of Topliss-reactive ketones (excluding diaryl/α,β-unsaturated/α-hetero) is 1. The van der Waals surface area contributed by atoms with E-state index < -0.39 is 88.4 Å². The van der Waals surface area contributed by atoms with Crippen LogP contribution in [0.2, 0.25) is 0 Å². The fourth-order valence-corrected chi connectivity index (χ4v) is 5.50. The SMILES string of the molecule is CC(=O)[C@]1(O)Cc2c(O)c3c(c(O)c2[C@@H](O[C@H]2C[C@@H](N)[C@H](O)C(C)O2)C1)C(=O)c1c(O)cccc1C3=O. The van der Waals surface area contributed by atoms with Gasteiger partial charge in [0.25, 0.3) is 0 Å². The van der Waals surface area contributed by atoms with E-state index in [2.05, 4.69) is 0 Å². The second-order valence-corrected chi connectivity index (χ2v) is 9.95. The maximum Gasteiger partial charge on any atom is 0.202 e. The Balaban J connectivity index is 1.68. The van der Waals surface area contributed by atoms with Crippen molar-refractivity contribution in [3.63, 3.8) is 0 Å². The van der Waals surface area contributed by atoms with Crippen LogP contribution < -0.4 is 5.73 Å². The van der Waals surface area contributed by atoms with Gasteiger partial charge in [-0.15, -0.1) is 0 Å². The first-order valence-corrected chi connectivity index (χ1v) is 11.9. The highest BCUT2D eigenvalue weighted by Crippen LogP contribution is 2.52. The molecule has 1 heterocycles. The molecule has 1 fully saturated rings. The monoisotopic (exact) mass is 513 g/mol. The van der Waals surface area contributed by atoms with E-state index in [9.17, 15) is 39.9 Å². The largest absolute Gasteiger partial charge is 0.507 e. The lowest BCUT2D eigenvalue weighted by Crippen LogP contribution is -2.52. The maximum absolute atomic E-state index is 13.4. The molecule has 37 heavy (non-hydrogen) atoms. The fraction of sp³-hybridized carbons (Fsp3) is 0.423. The van der Waals surface area contributed by atoms with Crippen molar-refractivity contribution in [3.05, 3.63) is 51.6 Å². The van der Waals surface area contributed by atoms with Crippen LogP contribution in [-0.4, -0.2) is 73.0 Å². The molecule has 5 rings (SSSR count). The Morgan fingerprint density at radius 2 is 1.78 bits per heavy atom. The Labute approximate surface area is 211 Å². The van der Waals surface area contributed by atoms with Crippen molar-refractivity contribution in [2.45, 2.75) is 69.4 Å². The quantitative estimate of drug-likeness (QED) is 0.270. The van der Waals surface area contributed by atoms with Crippen LogP contribution in [0.25, 0.3) is 0 Å². The summed E-state index contributed by atoms with van der Waals surface area (Å²) < 4.78 is 11.7. The van der Waals surface area contributed by atoms with Crippen molar-refractivity contribution in [2.75, 3.05) is 0 Å². The summed E-state index contributed by atoms with van der Waals surface area (Å²) in [5, 5.41) is 54.1. The summed E-state index contributed by atoms with van der Waals surface area (Å²) in [6.07, 6.45) is -4.68. The van der Waals surface area contributed by atoms with Gasteiger partial charge < -0.3 is 40.7 Å². The van der Waals surface area contributed by atoms with Crippen molar-refractivity contribution in [3.8, 4) is 17.2 Å². The number of hydrogen-bond donors (Lipinski definition) is 6. The van der Waals surface area contributed by atoms with E-state index in [1.54, 1.807) is 6.92 Å². The van der Waals surface area contributed by atoms with Crippen molar-refractivity contribution < 1.29 is 49.4 Å². The van der Waals surface area contributed by atoms with E-state index in [0.717, 1.165) is 6.92 Å². The van der Waals surface area contributed by atoms with Gasteiger partial charge in [0.1, 0.15) is 22.8 Å². The van der Waals surface area contributed by atoms with Crippen LogP contribution in [0.15, 0.2) is 18.2 Å². The smallest absolute Gasteiger partial charge is 0.202 e. The highest BCUT2D eigenvalue weighted by atomic mass is 16.7. The number of phenolic OH excluding ortho intramolecular Hbond substituents is 3. The topological polar surface area (TPSA) is 197 Å². The van der Waals surface area contributed by atoms with Gasteiger partial charge in [-0.05, 0) is 19.9 Å². The van der Waals surface area contributed by atoms with Gasteiger partial charge in [0.05, 0.1) is 35.0 Å². The Morgan fingerprint density at radius 3 is 2.43 bits per heavy atom. The molecule has 0 radical (unpaired) electrons. The first-order chi connectivity index (χ1) is 17.4. The number of phenols is 3. The predicted octanol–water partition coefficient (Wildman–Crippen LogP) is 0.726. The van der Waals surface area contributed by atoms with E-state index in [1.807, 2.05) is 0 Å². The molecule has 0 bridgehead atoms. The molecule has 0 amide bonds. The number of hydrogen-bond acceptors (Lipinski definition) is 11. The molecular formula is C26H27NO10. The molecule has 196 valence electrons. The Morgan fingerprint density at radius 1 is 1.11 bits per heavy atom. The lowest BCUT2D eigenvalue weighted by molar-refractivity contribution is -0.247. The van der Waals surface area contributed by atoms with Gasteiger partial charge in [-0.2, -0.15) is 0 Å². The van der Waals surface area contributed by atoms with Crippen LogP contribution in [0.3, 0.4) is 0 Å². The summed E-state index contributed by atoms with van der Waals surface area (Å²) in [4.78, 5) is 39.1. The van der Waals surface area contributed by atoms with E-state index in [0.29, 0.717) is 0 Å². The van der Waals surface area contributed by atoms with Crippen molar-refractivity contribution in [2.24, 2.45) is 5.73 Å². The van der Waals surface area contributed by atoms with E-state index in [1.165, 1.54) is 18.2 Å². The average molecular weight is 513 g/mol. The molecule has 1 saturated heterocycles. The molecule has 0 spiro atoms. The number of fused-ring (bicyclic) bond motifs is 3. The van der Waals surface area contributed by atoms with Crippen LogP contribution in [-0.2, 0) is 20.7 Å². The van der Waals surface area contributed by atoms with Crippen LogP contribution >= 0.6 is 0 Å². The average Bonchev–Trinajstić information content (AvgIpc) is 2.82. The lowest BCUT2D eigenvalue weighted by atomic mass is 9.72. The van der Waals surface area contributed by atoms with Crippen molar-refractivity contribution in [1.82, 2.24) is 0 Å². The molecule has 3 aliphatic rings. The van der Waals surface area contributed by atoms with Crippen molar-refractivity contribution >= 4 is 17.3 Å². The molecule has 1 unspecified atom stereocenters. The molecule has 6 atom stereocenters. The number of carbonyl (C=O) groups excluding carboxylic acids is 3. The first kappa shape index (κ1) is 25.3. The molecule has 7 N–H and O–H groups in total. The van der Waals surface area contributed by atoms with Crippen molar-refractivity contribution in [1.29, 1.82) is 0 Å². The molecule has 0 saturated carbocycles. The zero-order valence-electron chi connectivity index (χ0n) is 20.1. The third-order valence-corrected chi connectivity index (χ3v) is 7.59. The third kappa shape index (κ3) is 3.73. The number of nitrogens with two attached hydrogens (primary N) is 1. The highest BCUT2D eigenvalue weighted by molar-refractivity contribution is 6.31. The number of ketones is 3. The fourth-order valence-electron chi connectivity index (χ4n) is 5.50. The summed E-state index contributed by atoms with van der Waals surface area (Å²) in [5.41, 5.74) is 2.29. The zero-order chi connectivity index (χ0) is 27.0. The first-order valence-electron chi connectivity index (χ1n) is 11.9. The molecular weight excluding hydrogens is 486 g/mol. The Bertz CT molecular complexity index is 1340. The minimum Gasteiger partial charge on any atom is -0.507 e. The van der Waals surface area contributed by atoms with E-state index in [-0.39, 0.29) is 35.1 Å². The van der Waals surface area contributed by atoms with Gasteiger partial charge in [-0.3, -0.25) is 14.4 Å². The minimum absolute atomic E-state index is 0.0478. The van der Waals surface area contributed by atoms with Crippen LogP contribution in [0.4, 0.5) is 0 Å². The maximum atomic E-state index is 13.4. The van der Waals surface area contributed by atoms with Crippen LogP contribution in [0.5, 0.6) is 17.2 Å². The standard InChI is InChI=1S/C26H27NO10/c1-9-21(30)13(27)6-16(36-9)37-15-8-26(35,10(2)28)7-12-18(15)25(34)20-19(23(12)32)22(31)11-4-3-5-14(29)17(11)24(20)33/h3-5,9,13,15-16,21,29-30,32,34-35H,6-8,27H2,1-2H3/t9?,13-,15+,16+,21-,26+/m1/s1. The predicted molar refractivity (Wildman–Crippen MR) is 125 cm³/mol. The minimum atomic E-state index is -2.02. The molecule has 1 aliphatic heterocycles. The van der Waals surface area contributed by atoms with Gasteiger partial charge in [-0.1, -0.05) is 12.1 Å². The second-order valence-electron chi connectivity index (χ2n) is 9.95. The van der Waals surface area contributed by atoms with Gasteiger partial charge in [0, 0.05) is 42.0 Å². The van der Waals surface area contributed by atoms with E-state index >= 15 is 0 Å². The highest BCUT2D eigenvalue weighted by Gasteiger charge is 2.49. The van der Waals surface area contributed by atoms with Gasteiger partial charge in [0.2, 0.25) is 5.78 Å². The molecule has 11 nitrogen and oxygen atoms in total. The van der Waals surface area contributed by atoms with Crippen LogP contribution in [0, 0.1) is 0 Å². The summed E-state index contributed by atoms with van der Waals surface area (Å²) in [5.74, 6) is -4.13.